The number of carbonyl (C=O) groups excluding carboxylic acids is 1. The Bertz CT molecular complexity index is 1110. The number of carbonyl (C=O) groups is 1. The number of nitrogens with zero attached hydrogens (tertiary/aromatic N) is 4. The van der Waals surface area contributed by atoms with E-state index in [9.17, 15) is 13.2 Å². The molecule has 2 heterocycles. The molecule has 0 saturated carbocycles. The van der Waals surface area contributed by atoms with Gasteiger partial charge in [-0.05, 0) is 79.9 Å². The number of likely N-dealkylation sites (tertiary alicyclic amines) is 1. The number of aryl methyl sites for hydroxylation is 3. The maximum Gasteiger partial charge on any atom is 0.326 e. The fraction of sp³-hybridized carbons (Fsp3) is 0.545. The van der Waals surface area contributed by atoms with E-state index in [1.54, 1.807) is 24.1 Å². The second-order valence-corrected chi connectivity index (χ2v) is 10.6. The highest BCUT2D eigenvalue weighted by Gasteiger charge is 2.35. The normalized spacial score (nSPS) is 20.3. The predicted molar refractivity (Wildman–Crippen MR) is 118 cm³/mol. The number of anilines is 1. The molecule has 1 aromatic carbocycles. The van der Waals surface area contributed by atoms with Gasteiger partial charge in [0, 0.05) is 19.8 Å². The molecule has 0 radical (unpaired) electrons. The third-order valence-electron chi connectivity index (χ3n) is 6.86. The molecule has 2 aromatic rings. The Labute approximate surface area is 183 Å². The van der Waals surface area contributed by atoms with E-state index in [0.717, 1.165) is 50.6 Å². The SMILES string of the molecule is CN1CCCC(N(c2cnn(C)c2)S(=O)(=O)NC(=O)Cc2c3c(cc4c2CC4)CC3)C1. The third-order valence-corrected chi connectivity index (χ3v) is 8.37. The van der Waals surface area contributed by atoms with Crippen molar-refractivity contribution in [2.45, 2.75) is 51.0 Å². The molecule has 1 atom stereocenters. The number of likely N-dealkylation sites (N-methyl/N-ethyl adjacent to an activating group) is 1. The molecule has 0 spiro atoms. The lowest BCUT2D eigenvalue weighted by Gasteiger charge is -2.37. The standard InChI is InChI=1S/C22H29N5O3S/c1-25-9-3-4-17(13-25)27(18-12-23-26(2)14-18)31(29,30)24-22(28)11-21-19-7-5-15(19)10-16-6-8-20(16)21/h10,12,14,17H,3-9,11,13H2,1-2H3,(H,24,28). The van der Waals surface area contributed by atoms with Crippen molar-refractivity contribution in [2.24, 2.45) is 7.05 Å². The quantitative estimate of drug-likeness (QED) is 0.723. The van der Waals surface area contributed by atoms with E-state index in [0.29, 0.717) is 12.2 Å². The molecule has 8 nitrogen and oxygen atoms in total. The summed E-state index contributed by atoms with van der Waals surface area (Å²) in [7, 11) is -0.317. The van der Waals surface area contributed by atoms with Gasteiger partial charge in [-0.3, -0.25) is 9.48 Å². The molecular weight excluding hydrogens is 414 g/mol. The zero-order valence-electron chi connectivity index (χ0n) is 18.1. The zero-order chi connectivity index (χ0) is 21.8. The molecule has 9 heteroatoms. The number of piperidine rings is 1. The van der Waals surface area contributed by atoms with Crippen LogP contribution in [0.4, 0.5) is 5.69 Å². The number of benzene rings is 1. The average Bonchev–Trinajstić information content (AvgIpc) is 3.04. The van der Waals surface area contributed by atoms with Crippen LogP contribution in [0.25, 0.3) is 0 Å². The highest BCUT2D eigenvalue weighted by atomic mass is 32.2. The van der Waals surface area contributed by atoms with Crippen molar-refractivity contribution in [3.63, 3.8) is 0 Å². The summed E-state index contributed by atoms with van der Waals surface area (Å²) in [6.45, 7) is 1.55. The molecule has 1 saturated heterocycles. The summed E-state index contributed by atoms with van der Waals surface area (Å²) in [5, 5.41) is 4.15. The minimum atomic E-state index is -4.06. The van der Waals surface area contributed by atoms with Gasteiger partial charge in [-0.2, -0.15) is 13.5 Å². The van der Waals surface area contributed by atoms with Gasteiger partial charge in [0.2, 0.25) is 5.91 Å². The first-order valence-electron chi connectivity index (χ1n) is 11.0. The van der Waals surface area contributed by atoms with Gasteiger partial charge in [0.15, 0.2) is 0 Å². The van der Waals surface area contributed by atoms with E-state index >= 15 is 0 Å². The lowest BCUT2D eigenvalue weighted by Crippen LogP contribution is -2.54. The van der Waals surface area contributed by atoms with Gasteiger partial charge >= 0.3 is 10.2 Å². The topological polar surface area (TPSA) is 87.5 Å². The van der Waals surface area contributed by atoms with Crippen LogP contribution in [0, 0.1) is 0 Å². The molecule has 1 amide bonds. The molecule has 3 aliphatic rings. The first-order chi connectivity index (χ1) is 14.8. The minimum absolute atomic E-state index is 0.121. The van der Waals surface area contributed by atoms with Crippen molar-refractivity contribution in [3.8, 4) is 0 Å². The molecule has 1 fully saturated rings. The predicted octanol–water partition coefficient (Wildman–Crippen LogP) is 1.12. The Hall–Kier alpha value is -2.39. The summed E-state index contributed by atoms with van der Waals surface area (Å²) in [6, 6.07) is 2.02. The van der Waals surface area contributed by atoms with Gasteiger partial charge in [0.25, 0.3) is 0 Å². The monoisotopic (exact) mass is 443 g/mol. The fourth-order valence-electron chi connectivity index (χ4n) is 5.19. The van der Waals surface area contributed by atoms with Gasteiger partial charge in [-0.15, -0.1) is 0 Å². The molecular formula is C22H29N5O3S. The molecule has 166 valence electrons. The lowest BCUT2D eigenvalue weighted by atomic mass is 9.73. The summed E-state index contributed by atoms with van der Waals surface area (Å²) < 4.78 is 32.1. The van der Waals surface area contributed by atoms with Crippen LogP contribution in [-0.2, 0) is 54.2 Å². The van der Waals surface area contributed by atoms with E-state index in [2.05, 4.69) is 20.8 Å². The second-order valence-electron chi connectivity index (χ2n) is 9.06. The summed E-state index contributed by atoms with van der Waals surface area (Å²) in [5.41, 5.74) is 6.70. The highest BCUT2D eigenvalue weighted by molar-refractivity contribution is 7.91. The Balaban J connectivity index is 1.39. The van der Waals surface area contributed by atoms with Crippen molar-refractivity contribution in [3.05, 3.63) is 46.3 Å². The molecule has 1 aliphatic heterocycles. The van der Waals surface area contributed by atoms with Crippen LogP contribution < -0.4 is 9.03 Å². The van der Waals surface area contributed by atoms with Crippen molar-refractivity contribution in [1.82, 2.24) is 19.4 Å². The second kappa shape index (κ2) is 7.63. The molecule has 2 aliphatic carbocycles. The fourth-order valence-corrected chi connectivity index (χ4v) is 6.59. The van der Waals surface area contributed by atoms with Crippen LogP contribution in [0.1, 0.15) is 40.7 Å². The Morgan fingerprint density at radius 1 is 1.19 bits per heavy atom. The molecule has 0 bridgehead atoms. The number of hydrogen-bond donors (Lipinski definition) is 1. The molecule has 5 rings (SSSR count). The first kappa shape index (κ1) is 20.5. The third kappa shape index (κ3) is 3.74. The van der Waals surface area contributed by atoms with Crippen LogP contribution in [0.3, 0.4) is 0 Å². The van der Waals surface area contributed by atoms with Gasteiger partial charge in [-0.1, -0.05) is 6.07 Å². The number of fused-ring (bicyclic) bond motifs is 2. The smallest absolute Gasteiger partial charge is 0.304 e. The summed E-state index contributed by atoms with van der Waals surface area (Å²) in [5.74, 6) is -0.465. The molecule has 31 heavy (non-hydrogen) atoms. The van der Waals surface area contributed by atoms with E-state index < -0.39 is 16.1 Å². The number of rotatable bonds is 6. The van der Waals surface area contributed by atoms with Gasteiger partial charge in [0.1, 0.15) is 0 Å². The molecule has 1 N–H and O–H groups in total. The lowest BCUT2D eigenvalue weighted by molar-refractivity contribution is -0.118. The van der Waals surface area contributed by atoms with Crippen LogP contribution in [-0.4, -0.2) is 55.2 Å². The van der Waals surface area contributed by atoms with E-state index in [4.69, 9.17) is 0 Å². The van der Waals surface area contributed by atoms with E-state index in [-0.39, 0.29) is 12.5 Å². The van der Waals surface area contributed by atoms with Crippen molar-refractivity contribution in [2.75, 3.05) is 24.4 Å². The number of nitrogens with one attached hydrogen (secondary N) is 1. The average molecular weight is 444 g/mol. The number of aromatic nitrogens is 2. The van der Waals surface area contributed by atoms with E-state index in [1.807, 2.05) is 7.05 Å². The van der Waals surface area contributed by atoms with E-state index in [1.165, 1.54) is 26.6 Å². The summed E-state index contributed by atoms with van der Waals surface area (Å²) in [4.78, 5) is 15.1. The number of hydrogen-bond acceptors (Lipinski definition) is 5. The zero-order valence-corrected chi connectivity index (χ0v) is 18.9. The van der Waals surface area contributed by atoms with Gasteiger partial charge in [0.05, 0.1) is 24.3 Å². The Kier molecular flexibility index (Phi) is 5.05. The van der Waals surface area contributed by atoms with Crippen molar-refractivity contribution < 1.29 is 13.2 Å². The minimum Gasteiger partial charge on any atom is -0.304 e. The van der Waals surface area contributed by atoms with Crippen LogP contribution >= 0.6 is 0 Å². The van der Waals surface area contributed by atoms with Gasteiger partial charge < -0.3 is 4.90 Å². The summed E-state index contributed by atoms with van der Waals surface area (Å²) in [6.07, 6.45) is 9.07. The summed E-state index contributed by atoms with van der Waals surface area (Å²) >= 11 is 0. The van der Waals surface area contributed by atoms with Crippen LogP contribution in [0.15, 0.2) is 18.5 Å². The molecule has 1 unspecified atom stereocenters. The van der Waals surface area contributed by atoms with Crippen molar-refractivity contribution >= 4 is 21.8 Å². The van der Waals surface area contributed by atoms with Crippen molar-refractivity contribution in [1.29, 1.82) is 0 Å². The Morgan fingerprint density at radius 2 is 1.90 bits per heavy atom. The maximum atomic E-state index is 13.4. The highest BCUT2D eigenvalue weighted by Crippen LogP contribution is 2.37. The largest absolute Gasteiger partial charge is 0.326 e. The molecule has 1 aromatic heterocycles. The first-order valence-corrected chi connectivity index (χ1v) is 12.4. The number of amides is 1. The maximum absolute atomic E-state index is 13.4. The van der Waals surface area contributed by atoms with Crippen LogP contribution in [0.5, 0.6) is 0 Å². The Morgan fingerprint density at radius 3 is 2.45 bits per heavy atom. The van der Waals surface area contributed by atoms with Crippen LogP contribution in [0.2, 0.25) is 0 Å². The van der Waals surface area contributed by atoms with Gasteiger partial charge in [-0.25, -0.2) is 9.03 Å².